The first kappa shape index (κ1) is 13.1. The normalized spacial score (nSPS) is 10.0. The number of hydrogen-bond acceptors (Lipinski definition) is 3. The van der Waals surface area contributed by atoms with Crippen molar-refractivity contribution >= 4 is 11.7 Å². The lowest BCUT2D eigenvalue weighted by atomic mass is 9.99. The topological polar surface area (TPSA) is 38.3 Å². The van der Waals surface area contributed by atoms with E-state index in [0.29, 0.717) is 12.2 Å². The summed E-state index contributed by atoms with van der Waals surface area (Å²) in [4.78, 5) is 12.0. The second-order valence-electron chi connectivity index (χ2n) is 4.10. The van der Waals surface area contributed by atoms with E-state index < -0.39 is 0 Å². The van der Waals surface area contributed by atoms with Crippen LogP contribution >= 0.6 is 0 Å². The Balaban J connectivity index is 2.52. The number of anilines is 1. The summed E-state index contributed by atoms with van der Waals surface area (Å²) in [7, 11) is 1.86. The number of ether oxygens (including phenoxy) is 1. The van der Waals surface area contributed by atoms with Crippen LogP contribution in [0.25, 0.3) is 11.1 Å². The Kier molecular flexibility index (Phi) is 4.18. The van der Waals surface area contributed by atoms with Gasteiger partial charge in [0, 0.05) is 12.7 Å². The van der Waals surface area contributed by atoms with Crippen LogP contribution in [0.5, 0.6) is 0 Å². The third-order valence-electron chi connectivity index (χ3n) is 2.89. The summed E-state index contributed by atoms with van der Waals surface area (Å²) in [5, 5.41) is 3.08. The first-order valence-corrected chi connectivity index (χ1v) is 6.30. The molecule has 0 radical (unpaired) electrons. The van der Waals surface area contributed by atoms with E-state index in [1.54, 1.807) is 6.07 Å². The van der Waals surface area contributed by atoms with Crippen molar-refractivity contribution in [1.29, 1.82) is 0 Å². The highest BCUT2D eigenvalue weighted by Gasteiger charge is 2.14. The Morgan fingerprint density at radius 3 is 2.53 bits per heavy atom. The molecule has 0 bridgehead atoms. The molecule has 2 aromatic carbocycles. The highest BCUT2D eigenvalue weighted by Crippen LogP contribution is 2.27. The third kappa shape index (κ3) is 2.94. The van der Waals surface area contributed by atoms with E-state index in [1.807, 2.05) is 56.4 Å². The van der Waals surface area contributed by atoms with Crippen molar-refractivity contribution in [3.05, 3.63) is 54.1 Å². The van der Waals surface area contributed by atoms with E-state index in [-0.39, 0.29) is 5.97 Å². The minimum absolute atomic E-state index is 0.288. The van der Waals surface area contributed by atoms with E-state index in [1.165, 1.54) is 0 Å². The Hall–Kier alpha value is -2.29. The summed E-state index contributed by atoms with van der Waals surface area (Å²) in [5.41, 5.74) is 3.44. The van der Waals surface area contributed by atoms with Gasteiger partial charge in [-0.15, -0.1) is 0 Å². The number of benzene rings is 2. The molecule has 98 valence electrons. The monoisotopic (exact) mass is 255 g/mol. The Morgan fingerprint density at radius 2 is 1.89 bits per heavy atom. The molecule has 0 heterocycles. The maximum atomic E-state index is 12.0. The molecule has 0 spiro atoms. The van der Waals surface area contributed by atoms with Gasteiger partial charge in [-0.25, -0.2) is 4.79 Å². The number of esters is 1. The van der Waals surface area contributed by atoms with Crippen LogP contribution in [-0.2, 0) is 4.74 Å². The quantitative estimate of drug-likeness (QED) is 0.849. The van der Waals surface area contributed by atoms with E-state index in [9.17, 15) is 4.79 Å². The number of nitrogens with one attached hydrogen (secondary N) is 1. The summed E-state index contributed by atoms with van der Waals surface area (Å²) in [6.07, 6.45) is 0. The molecule has 0 aliphatic heterocycles. The van der Waals surface area contributed by atoms with Crippen LogP contribution in [0.15, 0.2) is 48.5 Å². The molecule has 0 aromatic heterocycles. The zero-order chi connectivity index (χ0) is 13.7. The van der Waals surface area contributed by atoms with Crippen molar-refractivity contribution in [2.45, 2.75) is 6.92 Å². The molecule has 0 aliphatic rings. The maximum absolute atomic E-state index is 12.0. The summed E-state index contributed by atoms with van der Waals surface area (Å²) in [6, 6.07) is 15.5. The molecule has 3 heteroatoms. The Morgan fingerprint density at radius 1 is 1.16 bits per heavy atom. The minimum Gasteiger partial charge on any atom is -0.462 e. The van der Waals surface area contributed by atoms with Gasteiger partial charge in [-0.2, -0.15) is 0 Å². The van der Waals surface area contributed by atoms with Crippen LogP contribution < -0.4 is 5.32 Å². The van der Waals surface area contributed by atoms with Crippen molar-refractivity contribution in [2.75, 3.05) is 19.0 Å². The number of hydrogen-bond donors (Lipinski definition) is 1. The SMILES string of the molecule is CCOC(=O)c1ccc(NC)cc1-c1ccccc1. The van der Waals surface area contributed by atoms with Gasteiger partial charge in [-0.05, 0) is 36.2 Å². The van der Waals surface area contributed by atoms with Gasteiger partial charge in [0.25, 0.3) is 0 Å². The van der Waals surface area contributed by atoms with Crippen LogP contribution in [0.4, 0.5) is 5.69 Å². The van der Waals surface area contributed by atoms with Crippen molar-refractivity contribution in [2.24, 2.45) is 0 Å². The summed E-state index contributed by atoms with van der Waals surface area (Å²) in [6.45, 7) is 2.18. The second-order valence-corrected chi connectivity index (χ2v) is 4.10. The van der Waals surface area contributed by atoms with Gasteiger partial charge in [0.15, 0.2) is 0 Å². The Bertz CT molecular complexity index is 564. The zero-order valence-electron chi connectivity index (χ0n) is 11.1. The first-order chi connectivity index (χ1) is 9.26. The number of carbonyl (C=O) groups excluding carboxylic acids is 1. The summed E-state index contributed by atoms with van der Waals surface area (Å²) < 4.78 is 5.10. The lowest BCUT2D eigenvalue weighted by Gasteiger charge is -2.11. The molecule has 0 amide bonds. The fraction of sp³-hybridized carbons (Fsp3) is 0.188. The molecular weight excluding hydrogens is 238 g/mol. The number of rotatable bonds is 4. The molecule has 19 heavy (non-hydrogen) atoms. The molecule has 0 unspecified atom stereocenters. The van der Waals surface area contributed by atoms with Gasteiger partial charge in [-0.3, -0.25) is 0 Å². The minimum atomic E-state index is -0.288. The Labute approximate surface area is 113 Å². The van der Waals surface area contributed by atoms with Crippen LogP contribution in [0.3, 0.4) is 0 Å². The van der Waals surface area contributed by atoms with E-state index in [4.69, 9.17) is 4.74 Å². The molecule has 2 aromatic rings. The molecule has 3 nitrogen and oxygen atoms in total. The molecule has 0 aliphatic carbocycles. The molecular formula is C16H17NO2. The predicted octanol–water partition coefficient (Wildman–Crippen LogP) is 3.57. The molecule has 1 N–H and O–H groups in total. The number of carbonyl (C=O) groups is 1. The lowest BCUT2D eigenvalue weighted by Crippen LogP contribution is -2.07. The fourth-order valence-corrected chi connectivity index (χ4v) is 1.94. The highest BCUT2D eigenvalue weighted by molar-refractivity contribution is 5.98. The van der Waals surface area contributed by atoms with Gasteiger partial charge in [0.05, 0.1) is 12.2 Å². The van der Waals surface area contributed by atoms with Gasteiger partial charge in [0.2, 0.25) is 0 Å². The third-order valence-corrected chi connectivity index (χ3v) is 2.89. The largest absolute Gasteiger partial charge is 0.462 e. The van der Waals surface area contributed by atoms with E-state index in [2.05, 4.69) is 5.32 Å². The molecule has 0 saturated carbocycles. The van der Waals surface area contributed by atoms with Crippen LogP contribution in [0, 0.1) is 0 Å². The van der Waals surface area contributed by atoms with Gasteiger partial charge in [-0.1, -0.05) is 30.3 Å². The average molecular weight is 255 g/mol. The highest BCUT2D eigenvalue weighted by atomic mass is 16.5. The molecule has 0 atom stereocenters. The van der Waals surface area contributed by atoms with Gasteiger partial charge >= 0.3 is 5.97 Å². The predicted molar refractivity (Wildman–Crippen MR) is 77.4 cm³/mol. The van der Waals surface area contributed by atoms with Crippen molar-refractivity contribution < 1.29 is 9.53 Å². The fourth-order valence-electron chi connectivity index (χ4n) is 1.94. The van der Waals surface area contributed by atoms with E-state index in [0.717, 1.165) is 16.8 Å². The van der Waals surface area contributed by atoms with Crippen LogP contribution in [-0.4, -0.2) is 19.6 Å². The standard InChI is InChI=1S/C16H17NO2/c1-3-19-16(18)14-10-9-13(17-2)11-15(14)12-7-5-4-6-8-12/h4-11,17H,3H2,1-2H3. The van der Waals surface area contributed by atoms with Gasteiger partial charge < -0.3 is 10.1 Å². The van der Waals surface area contributed by atoms with Crippen molar-refractivity contribution in [3.8, 4) is 11.1 Å². The van der Waals surface area contributed by atoms with Gasteiger partial charge in [0.1, 0.15) is 0 Å². The zero-order valence-corrected chi connectivity index (χ0v) is 11.1. The van der Waals surface area contributed by atoms with Crippen molar-refractivity contribution in [1.82, 2.24) is 0 Å². The maximum Gasteiger partial charge on any atom is 0.338 e. The summed E-state index contributed by atoms with van der Waals surface area (Å²) >= 11 is 0. The van der Waals surface area contributed by atoms with Crippen molar-refractivity contribution in [3.63, 3.8) is 0 Å². The lowest BCUT2D eigenvalue weighted by molar-refractivity contribution is 0.0527. The van der Waals surface area contributed by atoms with Crippen LogP contribution in [0.1, 0.15) is 17.3 Å². The average Bonchev–Trinajstić information content (AvgIpc) is 2.47. The summed E-state index contributed by atoms with van der Waals surface area (Å²) in [5.74, 6) is -0.288. The first-order valence-electron chi connectivity index (χ1n) is 6.30. The van der Waals surface area contributed by atoms with E-state index >= 15 is 0 Å². The second kappa shape index (κ2) is 6.05. The smallest absolute Gasteiger partial charge is 0.338 e. The van der Waals surface area contributed by atoms with Crippen LogP contribution in [0.2, 0.25) is 0 Å². The molecule has 0 saturated heterocycles. The molecule has 2 rings (SSSR count). The molecule has 0 fully saturated rings.